The maximum atomic E-state index is 12.0. The van der Waals surface area contributed by atoms with Gasteiger partial charge < -0.3 is 25.3 Å². The van der Waals surface area contributed by atoms with Crippen LogP contribution in [-0.4, -0.2) is 40.4 Å². The molecular formula is C18H27N5O2. The van der Waals surface area contributed by atoms with Crippen molar-refractivity contribution in [3.63, 3.8) is 0 Å². The Morgan fingerprint density at radius 1 is 1.40 bits per heavy atom. The topological polar surface area (TPSA) is 85.4 Å². The molecule has 2 aromatic rings. The lowest BCUT2D eigenvalue weighted by atomic mass is 10.2. The van der Waals surface area contributed by atoms with Crippen LogP contribution in [0.25, 0.3) is 11.0 Å². The number of alkyl carbamates (subject to hydrolysis) is 1. The van der Waals surface area contributed by atoms with Crippen LogP contribution in [0.3, 0.4) is 0 Å². The number of anilines is 2. The van der Waals surface area contributed by atoms with Crippen molar-refractivity contribution in [2.75, 3.05) is 23.7 Å². The molecule has 0 bridgehead atoms. The summed E-state index contributed by atoms with van der Waals surface area (Å²) in [5, 5.41) is 2.95. The fourth-order valence-corrected chi connectivity index (χ4v) is 3.26. The second-order valence-corrected chi connectivity index (χ2v) is 7.67. The van der Waals surface area contributed by atoms with Crippen LogP contribution in [0.15, 0.2) is 12.1 Å². The monoisotopic (exact) mass is 345 g/mol. The van der Waals surface area contributed by atoms with Crippen LogP contribution in [0.2, 0.25) is 0 Å². The molecule has 3 N–H and O–H groups in total. The van der Waals surface area contributed by atoms with Crippen molar-refractivity contribution in [2.24, 2.45) is 7.05 Å². The van der Waals surface area contributed by atoms with Crippen molar-refractivity contribution >= 4 is 28.5 Å². The molecule has 0 spiro atoms. The van der Waals surface area contributed by atoms with E-state index in [1.54, 1.807) is 0 Å². The molecule has 136 valence electrons. The van der Waals surface area contributed by atoms with Crippen LogP contribution in [0.4, 0.5) is 16.2 Å². The van der Waals surface area contributed by atoms with Crippen LogP contribution >= 0.6 is 0 Å². The van der Waals surface area contributed by atoms with E-state index in [2.05, 4.69) is 19.8 Å². The first-order valence-corrected chi connectivity index (χ1v) is 8.61. The zero-order valence-electron chi connectivity index (χ0n) is 15.6. The summed E-state index contributed by atoms with van der Waals surface area (Å²) in [4.78, 5) is 18.9. The lowest BCUT2D eigenvalue weighted by Gasteiger charge is -2.23. The Morgan fingerprint density at radius 2 is 2.12 bits per heavy atom. The molecule has 3 rings (SSSR count). The first kappa shape index (κ1) is 17.4. The minimum absolute atomic E-state index is 0.0364. The third-order valence-electron chi connectivity index (χ3n) is 4.51. The van der Waals surface area contributed by atoms with Gasteiger partial charge in [0.05, 0.1) is 22.9 Å². The Bertz CT molecular complexity index is 806. The number of carbonyl (C=O) groups excluding carboxylic acids is 1. The molecule has 0 aliphatic carbocycles. The van der Waals surface area contributed by atoms with Crippen LogP contribution in [0.5, 0.6) is 0 Å². The SMILES string of the molecule is Cc1nc2c(N3CC[C@H](NC(=O)OC(C)(C)C)C3)c(N)ccc2n1C. The summed E-state index contributed by atoms with van der Waals surface area (Å²) in [6.45, 7) is 9.07. The van der Waals surface area contributed by atoms with Gasteiger partial charge in [0.15, 0.2) is 0 Å². The van der Waals surface area contributed by atoms with Gasteiger partial charge in [-0.25, -0.2) is 9.78 Å². The summed E-state index contributed by atoms with van der Waals surface area (Å²) < 4.78 is 7.40. The quantitative estimate of drug-likeness (QED) is 0.817. The molecule has 1 aromatic heterocycles. The standard InChI is InChI=1S/C18H27N5O2/c1-11-20-15-14(22(11)5)7-6-13(19)16(15)23-9-8-12(10-23)21-17(24)25-18(2,3)4/h6-7,12H,8-10,19H2,1-5H3,(H,21,24)/t12-/m0/s1. The maximum absolute atomic E-state index is 12.0. The van der Waals surface area contributed by atoms with E-state index < -0.39 is 5.60 Å². The number of nitrogens with two attached hydrogens (primary N) is 1. The number of amides is 1. The Labute approximate surface area is 148 Å². The van der Waals surface area contributed by atoms with Crippen LogP contribution in [0, 0.1) is 6.92 Å². The van der Waals surface area contributed by atoms with Gasteiger partial charge in [-0.15, -0.1) is 0 Å². The van der Waals surface area contributed by atoms with Crippen molar-refractivity contribution in [1.82, 2.24) is 14.9 Å². The summed E-state index contributed by atoms with van der Waals surface area (Å²) in [5.74, 6) is 0.949. The summed E-state index contributed by atoms with van der Waals surface area (Å²) in [6, 6.07) is 3.96. The Kier molecular flexibility index (Phi) is 4.26. The fourth-order valence-electron chi connectivity index (χ4n) is 3.26. The molecule has 7 nitrogen and oxygen atoms in total. The van der Waals surface area contributed by atoms with E-state index in [0.717, 1.165) is 35.5 Å². The number of nitrogen functional groups attached to an aromatic ring is 1. The second kappa shape index (κ2) is 6.13. The highest BCUT2D eigenvalue weighted by Crippen LogP contribution is 2.34. The molecule has 1 aliphatic rings. The van der Waals surface area contributed by atoms with Crippen LogP contribution in [0.1, 0.15) is 33.0 Å². The number of hydrogen-bond acceptors (Lipinski definition) is 5. The third-order valence-corrected chi connectivity index (χ3v) is 4.51. The highest BCUT2D eigenvalue weighted by molar-refractivity contribution is 5.96. The largest absolute Gasteiger partial charge is 0.444 e. The second-order valence-electron chi connectivity index (χ2n) is 7.67. The Hall–Kier alpha value is -2.44. The number of carbonyl (C=O) groups is 1. The predicted molar refractivity (Wildman–Crippen MR) is 99.9 cm³/mol. The fraction of sp³-hybridized carbons (Fsp3) is 0.556. The molecule has 0 unspecified atom stereocenters. The Balaban J connectivity index is 1.78. The summed E-state index contributed by atoms with van der Waals surface area (Å²) >= 11 is 0. The number of rotatable bonds is 2. The van der Waals surface area contributed by atoms with Crippen molar-refractivity contribution in [1.29, 1.82) is 0 Å². The van der Waals surface area contributed by atoms with Gasteiger partial charge in [-0.1, -0.05) is 0 Å². The molecule has 1 aromatic carbocycles. The Morgan fingerprint density at radius 3 is 2.80 bits per heavy atom. The number of nitrogens with zero attached hydrogens (tertiary/aromatic N) is 3. The van der Waals surface area contributed by atoms with Gasteiger partial charge in [0, 0.05) is 20.1 Å². The molecule has 25 heavy (non-hydrogen) atoms. The van der Waals surface area contributed by atoms with Crippen molar-refractivity contribution in [2.45, 2.75) is 45.8 Å². The minimum Gasteiger partial charge on any atom is -0.444 e. The molecule has 1 amide bonds. The molecule has 1 aliphatic heterocycles. The number of nitrogens with one attached hydrogen (secondary N) is 1. The minimum atomic E-state index is -0.496. The molecule has 1 atom stereocenters. The van der Waals surface area contributed by atoms with Gasteiger partial charge in [-0.2, -0.15) is 0 Å². The zero-order chi connectivity index (χ0) is 18.4. The van der Waals surface area contributed by atoms with Crippen LogP contribution < -0.4 is 16.0 Å². The van der Waals surface area contributed by atoms with E-state index in [9.17, 15) is 4.79 Å². The first-order chi connectivity index (χ1) is 11.7. The average molecular weight is 345 g/mol. The third kappa shape index (κ3) is 3.50. The molecular weight excluding hydrogens is 318 g/mol. The van der Waals surface area contributed by atoms with Crippen molar-refractivity contribution in [3.05, 3.63) is 18.0 Å². The highest BCUT2D eigenvalue weighted by atomic mass is 16.6. The lowest BCUT2D eigenvalue weighted by Crippen LogP contribution is -2.40. The molecule has 0 radical (unpaired) electrons. The number of benzene rings is 1. The van der Waals surface area contributed by atoms with Crippen molar-refractivity contribution < 1.29 is 9.53 Å². The van der Waals surface area contributed by atoms with Gasteiger partial charge in [-0.05, 0) is 46.2 Å². The predicted octanol–water partition coefficient (Wildman–Crippen LogP) is 2.57. The number of aryl methyl sites for hydroxylation is 2. The van der Waals surface area contributed by atoms with Gasteiger partial charge in [0.25, 0.3) is 0 Å². The molecule has 2 heterocycles. The normalized spacial score (nSPS) is 18.0. The number of aromatic nitrogens is 2. The molecule has 1 saturated heterocycles. The van der Waals surface area contributed by atoms with Gasteiger partial charge in [0.1, 0.15) is 16.9 Å². The highest BCUT2D eigenvalue weighted by Gasteiger charge is 2.29. The zero-order valence-corrected chi connectivity index (χ0v) is 15.6. The lowest BCUT2D eigenvalue weighted by molar-refractivity contribution is 0.0509. The number of hydrogen-bond donors (Lipinski definition) is 2. The summed E-state index contributed by atoms with van der Waals surface area (Å²) in [6.07, 6.45) is 0.472. The number of imidazole rings is 1. The van der Waals surface area contributed by atoms with E-state index in [-0.39, 0.29) is 12.1 Å². The van der Waals surface area contributed by atoms with E-state index in [1.807, 2.05) is 46.9 Å². The van der Waals surface area contributed by atoms with E-state index in [1.165, 1.54) is 0 Å². The maximum Gasteiger partial charge on any atom is 0.407 e. The average Bonchev–Trinajstić information content (AvgIpc) is 3.03. The van der Waals surface area contributed by atoms with Gasteiger partial charge in [0.2, 0.25) is 0 Å². The van der Waals surface area contributed by atoms with Crippen molar-refractivity contribution in [3.8, 4) is 0 Å². The number of fused-ring (bicyclic) bond motifs is 1. The van der Waals surface area contributed by atoms with Gasteiger partial charge in [-0.3, -0.25) is 0 Å². The van der Waals surface area contributed by atoms with Crippen LogP contribution in [-0.2, 0) is 11.8 Å². The van der Waals surface area contributed by atoms with E-state index in [4.69, 9.17) is 10.5 Å². The smallest absolute Gasteiger partial charge is 0.407 e. The van der Waals surface area contributed by atoms with E-state index in [0.29, 0.717) is 12.2 Å². The first-order valence-electron chi connectivity index (χ1n) is 8.61. The summed E-state index contributed by atoms with van der Waals surface area (Å²) in [7, 11) is 2.00. The molecule has 1 fully saturated rings. The summed E-state index contributed by atoms with van der Waals surface area (Å²) in [5.41, 5.74) is 9.40. The van der Waals surface area contributed by atoms with E-state index >= 15 is 0 Å². The number of ether oxygens (including phenoxy) is 1. The molecule has 0 saturated carbocycles. The molecule has 7 heteroatoms. The van der Waals surface area contributed by atoms with Gasteiger partial charge >= 0.3 is 6.09 Å².